The van der Waals surface area contributed by atoms with Crippen LogP contribution in [0, 0.1) is 0 Å². The van der Waals surface area contributed by atoms with Gasteiger partial charge in [-0.2, -0.15) is 0 Å². The van der Waals surface area contributed by atoms with Crippen molar-refractivity contribution in [1.29, 1.82) is 0 Å². The van der Waals surface area contributed by atoms with E-state index in [1.165, 1.54) is 6.42 Å². The number of carbonyl (C=O) groups excluding carboxylic acids is 1. The van der Waals surface area contributed by atoms with Crippen LogP contribution >= 0.6 is 11.3 Å². The molecular formula is C15H24N2OS. The summed E-state index contributed by atoms with van der Waals surface area (Å²) < 4.78 is 0. The first kappa shape index (κ1) is 14.5. The number of hydrogen-bond donors (Lipinski definition) is 0. The smallest absolute Gasteiger partial charge is 0.222 e. The monoisotopic (exact) mass is 280 g/mol. The molecule has 0 radical (unpaired) electrons. The topological polar surface area (TPSA) is 33.2 Å². The lowest BCUT2D eigenvalue weighted by atomic mass is 9.93. The number of piperidine rings is 1. The Labute approximate surface area is 120 Å². The third-order valence-electron chi connectivity index (χ3n) is 3.58. The lowest BCUT2D eigenvalue weighted by Gasteiger charge is -2.26. The first-order valence-corrected chi connectivity index (χ1v) is 8.07. The SMILES string of the molecule is CC(C)(C)c1csc(CCC(=O)N2CCCCC2)n1. The quantitative estimate of drug-likeness (QED) is 0.850. The summed E-state index contributed by atoms with van der Waals surface area (Å²) in [5, 5.41) is 3.22. The van der Waals surface area contributed by atoms with E-state index >= 15 is 0 Å². The number of thiazole rings is 1. The molecule has 0 N–H and O–H groups in total. The van der Waals surface area contributed by atoms with Crippen molar-refractivity contribution in [2.75, 3.05) is 13.1 Å². The number of amides is 1. The van der Waals surface area contributed by atoms with Crippen LogP contribution < -0.4 is 0 Å². The maximum Gasteiger partial charge on any atom is 0.222 e. The first-order valence-electron chi connectivity index (χ1n) is 7.19. The highest BCUT2D eigenvalue weighted by atomic mass is 32.1. The van der Waals surface area contributed by atoms with Gasteiger partial charge in [-0.3, -0.25) is 4.79 Å². The molecule has 2 rings (SSSR count). The highest BCUT2D eigenvalue weighted by Crippen LogP contribution is 2.24. The van der Waals surface area contributed by atoms with Gasteiger partial charge in [0.1, 0.15) is 0 Å². The molecule has 1 amide bonds. The summed E-state index contributed by atoms with van der Waals surface area (Å²) in [7, 11) is 0. The molecule has 1 aliphatic heterocycles. The summed E-state index contributed by atoms with van der Waals surface area (Å²) in [6.07, 6.45) is 4.99. The Bertz CT molecular complexity index is 428. The van der Waals surface area contributed by atoms with Gasteiger partial charge in [-0.15, -0.1) is 11.3 Å². The maximum absolute atomic E-state index is 12.1. The average molecular weight is 280 g/mol. The Morgan fingerprint density at radius 3 is 2.58 bits per heavy atom. The Morgan fingerprint density at radius 1 is 1.32 bits per heavy atom. The van der Waals surface area contributed by atoms with E-state index in [2.05, 4.69) is 31.1 Å². The van der Waals surface area contributed by atoms with Crippen molar-refractivity contribution in [3.8, 4) is 0 Å². The fourth-order valence-electron chi connectivity index (χ4n) is 2.29. The maximum atomic E-state index is 12.1. The molecule has 0 aromatic carbocycles. The fraction of sp³-hybridized carbons (Fsp3) is 0.733. The summed E-state index contributed by atoms with van der Waals surface area (Å²) in [6.45, 7) is 8.41. The lowest BCUT2D eigenvalue weighted by Crippen LogP contribution is -2.35. The van der Waals surface area contributed by atoms with Gasteiger partial charge < -0.3 is 4.90 Å². The average Bonchev–Trinajstić information content (AvgIpc) is 2.86. The van der Waals surface area contributed by atoms with Gasteiger partial charge in [-0.1, -0.05) is 20.8 Å². The third-order valence-corrected chi connectivity index (χ3v) is 4.49. The van der Waals surface area contributed by atoms with E-state index in [-0.39, 0.29) is 5.41 Å². The second-order valence-electron chi connectivity index (χ2n) is 6.32. The molecule has 2 heterocycles. The van der Waals surface area contributed by atoms with E-state index in [1.807, 2.05) is 4.90 Å². The van der Waals surface area contributed by atoms with Crippen LogP contribution in [-0.2, 0) is 16.6 Å². The molecule has 0 unspecified atom stereocenters. The molecule has 1 aromatic heterocycles. The highest BCUT2D eigenvalue weighted by molar-refractivity contribution is 7.09. The largest absolute Gasteiger partial charge is 0.343 e. The molecule has 1 aliphatic rings. The molecule has 19 heavy (non-hydrogen) atoms. The number of hydrogen-bond acceptors (Lipinski definition) is 3. The summed E-state index contributed by atoms with van der Waals surface area (Å²) in [6, 6.07) is 0. The third kappa shape index (κ3) is 4.03. The second kappa shape index (κ2) is 6.04. The molecule has 0 atom stereocenters. The van der Waals surface area contributed by atoms with E-state index in [0.29, 0.717) is 12.3 Å². The van der Waals surface area contributed by atoms with Gasteiger partial charge in [0.15, 0.2) is 0 Å². The van der Waals surface area contributed by atoms with Crippen LogP contribution in [0.3, 0.4) is 0 Å². The van der Waals surface area contributed by atoms with Crippen LogP contribution in [0.5, 0.6) is 0 Å². The molecule has 0 spiro atoms. The van der Waals surface area contributed by atoms with E-state index < -0.39 is 0 Å². The van der Waals surface area contributed by atoms with Crippen molar-refractivity contribution < 1.29 is 4.79 Å². The summed E-state index contributed by atoms with van der Waals surface area (Å²) in [5.74, 6) is 0.298. The van der Waals surface area contributed by atoms with Crippen LogP contribution in [0.25, 0.3) is 0 Å². The zero-order valence-electron chi connectivity index (χ0n) is 12.2. The van der Waals surface area contributed by atoms with Gasteiger partial charge in [0.05, 0.1) is 10.7 Å². The number of nitrogens with zero attached hydrogens (tertiary/aromatic N) is 2. The van der Waals surface area contributed by atoms with Crippen molar-refractivity contribution in [2.24, 2.45) is 0 Å². The van der Waals surface area contributed by atoms with Gasteiger partial charge in [-0.25, -0.2) is 4.98 Å². The van der Waals surface area contributed by atoms with Crippen molar-refractivity contribution in [2.45, 2.75) is 58.3 Å². The van der Waals surface area contributed by atoms with Crippen LogP contribution in [-0.4, -0.2) is 28.9 Å². The van der Waals surface area contributed by atoms with Gasteiger partial charge in [-0.05, 0) is 19.3 Å². The number of likely N-dealkylation sites (tertiary alicyclic amines) is 1. The molecule has 0 saturated carbocycles. The van der Waals surface area contributed by atoms with Crippen molar-refractivity contribution in [1.82, 2.24) is 9.88 Å². The molecular weight excluding hydrogens is 256 g/mol. The first-order chi connectivity index (χ1) is 8.97. The molecule has 3 nitrogen and oxygen atoms in total. The summed E-state index contributed by atoms with van der Waals surface area (Å²) >= 11 is 1.68. The molecule has 1 saturated heterocycles. The minimum absolute atomic E-state index is 0.103. The number of carbonyl (C=O) groups is 1. The molecule has 0 aliphatic carbocycles. The van der Waals surface area contributed by atoms with Crippen molar-refractivity contribution >= 4 is 17.2 Å². The van der Waals surface area contributed by atoms with E-state index in [1.54, 1.807) is 11.3 Å². The number of aromatic nitrogens is 1. The number of rotatable bonds is 3. The second-order valence-corrected chi connectivity index (χ2v) is 7.26. The summed E-state index contributed by atoms with van der Waals surface area (Å²) in [4.78, 5) is 18.7. The zero-order chi connectivity index (χ0) is 13.9. The molecule has 4 heteroatoms. The van der Waals surface area contributed by atoms with E-state index in [4.69, 9.17) is 0 Å². The minimum Gasteiger partial charge on any atom is -0.343 e. The molecule has 0 bridgehead atoms. The standard InChI is InChI=1S/C15H24N2OS/c1-15(2,3)12-11-19-13(16-12)7-8-14(18)17-9-5-4-6-10-17/h11H,4-10H2,1-3H3. The highest BCUT2D eigenvalue weighted by Gasteiger charge is 2.19. The van der Waals surface area contributed by atoms with Gasteiger partial charge in [0.2, 0.25) is 5.91 Å². The Kier molecular flexibility index (Phi) is 4.61. The zero-order valence-corrected chi connectivity index (χ0v) is 13.1. The Balaban J connectivity index is 1.85. The predicted molar refractivity (Wildman–Crippen MR) is 79.6 cm³/mol. The number of aryl methyl sites for hydroxylation is 1. The van der Waals surface area contributed by atoms with Gasteiger partial charge in [0, 0.05) is 36.7 Å². The molecule has 1 fully saturated rings. The Hall–Kier alpha value is -0.900. The van der Waals surface area contributed by atoms with Crippen molar-refractivity contribution in [3.63, 3.8) is 0 Å². The van der Waals surface area contributed by atoms with Crippen LogP contribution in [0.2, 0.25) is 0 Å². The summed E-state index contributed by atoms with van der Waals surface area (Å²) in [5.41, 5.74) is 1.24. The Morgan fingerprint density at radius 2 is 2.00 bits per heavy atom. The molecule has 1 aromatic rings. The van der Waals surface area contributed by atoms with Gasteiger partial charge >= 0.3 is 0 Å². The van der Waals surface area contributed by atoms with Crippen LogP contribution in [0.4, 0.5) is 0 Å². The van der Waals surface area contributed by atoms with E-state index in [0.717, 1.165) is 43.1 Å². The van der Waals surface area contributed by atoms with Crippen LogP contribution in [0.1, 0.15) is 57.2 Å². The van der Waals surface area contributed by atoms with Crippen molar-refractivity contribution in [3.05, 3.63) is 16.1 Å². The predicted octanol–water partition coefficient (Wildman–Crippen LogP) is 3.39. The van der Waals surface area contributed by atoms with E-state index in [9.17, 15) is 4.79 Å². The van der Waals surface area contributed by atoms with Gasteiger partial charge in [0.25, 0.3) is 0 Å². The lowest BCUT2D eigenvalue weighted by molar-refractivity contribution is -0.132. The molecule has 106 valence electrons. The van der Waals surface area contributed by atoms with Crippen LogP contribution in [0.15, 0.2) is 5.38 Å². The minimum atomic E-state index is 0.103. The normalized spacial score (nSPS) is 16.7. The fourth-order valence-corrected chi connectivity index (χ4v) is 3.31.